The van der Waals surface area contributed by atoms with Crippen LogP contribution in [-0.4, -0.2) is 30.3 Å². The van der Waals surface area contributed by atoms with Crippen molar-refractivity contribution in [2.24, 2.45) is 29.1 Å². The second kappa shape index (κ2) is 7.17. The number of rotatable bonds is 7. The van der Waals surface area contributed by atoms with Crippen LogP contribution in [0.2, 0.25) is 0 Å². The molecule has 5 aliphatic carbocycles. The van der Waals surface area contributed by atoms with E-state index in [1.54, 1.807) is 4.90 Å². The predicted molar refractivity (Wildman–Crippen MR) is 110 cm³/mol. The van der Waals surface area contributed by atoms with E-state index in [-0.39, 0.29) is 17.2 Å². The first-order valence-corrected chi connectivity index (χ1v) is 11.5. The smallest absolute Gasteiger partial charge is 0.226 e. The van der Waals surface area contributed by atoms with Crippen molar-refractivity contribution in [2.75, 3.05) is 13.6 Å². The lowest BCUT2D eigenvalue weighted by molar-refractivity contribution is -0.146. The zero-order valence-electron chi connectivity index (χ0n) is 17.8. The minimum atomic E-state index is -0.131. The lowest BCUT2D eigenvalue weighted by Gasteiger charge is -2.55. The summed E-state index contributed by atoms with van der Waals surface area (Å²) >= 11 is 0. The first kappa shape index (κ1) is 19.2. The van der Waals surface area contributed by atoms with Crippen LogP contribution in [0.15, 0.2) is 16.5 Å². The number of amides is 2. The molecule has 0 radical (unpaired) electrons. The molecule has 0 spiro atoms. The van der Waals surface area contributed by atoms with Gasteiger partial charge in [-0.3, -0.25) is 9.59 Å². The van der Waals surface area contributed by atoms with Gasteiger partial charge < -0.3 is 14.6 Å². The molecule has 1 N–H and O–H groups in total. The van der Waals surface area contributed by atoms with Crippen molar-refractivity contribution in [3.63, 3.8) is 0 Å². The van der Waals surface area contributed by atoms with Gasteiger partial charge in [0.05, 0.1) is 6.54 Å². The molecule has 29 heavy (non-hydrogen) atoms. The number of hydrogen-bond acceptors (Lipinski definition) is 3. The van der Waals surface area contributed by atoms with E-state index in [9.17, 15) is 9.59 Å². The van der Waals surface area contributed by atoms with E-state index >= 15 is 0 Å². The van der Waals surface area contributed by atoms with Crippen molar-refractivity contribution < 1.29 is 14.0 Å². The third kappa shape index (κ3) is 3.73. The molecule has 5 aliphatic rings. The topological polar surface area (TPSA) is 62.6 Å². The van der Waals surface area contributed by atoms with Gasteiger partial charge in [-0.15, -0.1) is 0 Å². The van der Waals surface area contributed by atoms with Crippen LogP contribution in [0.5, 0.6) is 0 Å². The van der Waals surface area contributed by atoms with Gasteiger partial charge in [-0.05, 0) is 80.8 Å². The van der Waals surface area contributed by atoms with Gasteiger partial charge in [-0.1, -0.05) is 6.92 Å². The summed E-state index contributed by atoms with van der Waals surface area (Å²) in [5.74, 6) is 5.71. The fourth-order valence-electron chi connectivity index (χ4n) is 6.77. The quantitative estimate of drug-likeness (QED) is 0.753. The van der Waals surface area contributed by atoms with Crippen molar-refractivity contribution in [3.05, 3.63) is 23.7 Å². The van der Waals surface area contributed by atoms with Gasteiger partial charge in [0, 0.05) is 31.3 Å². The van der Waals surface area contributed by atoms with Gasteiger partial charge in [-0.2, -0.15) is 0 Å². The van der Waals surface area contributed by atoms with Gasteiger partial charge in [0.2, 0.25) is 11.8 Å². The molecule has 5 fully saturated rings. The summed E-state index contributed by atoms with van der Waals surface area (Å²) in [6.07, 6.45) is 8.77. The van der Waals surface area contributed by atoms with Crippen molar-refractivity contribution in [2.45, 2.75) is 70.8 Å². The molecule has 2 atom stereocenters. The lowest BCUT2D eigenvalue weighted by Crippen LogP contribution is -2.53. The molecule has 5 heteroatoms. The molecule has 1 heterocycles. The van der Waals surface area contributed by atoms with Crippen LogP contribution in [0.25, 0.3) is 0 Å². The second-order valence-electron chi connectivity index (χ2n) is 10.6. The Balaban J connectivity index is 1.08. The standard InChI is InChI=1S/C24H34N2O3/c1-15-7-20(15)21-4-3-19(29-21)14-26(2)22(27)5-6-25-23(28)24-11-16-8-17(12-24)10-18(9-16)13-24/h3-4,15-18,20H,5-14H2,1-2H3,(H,25,28)/t15-,16?,17?,18?,20-,24?/m0/s1. The third-order valence-electron chi connectivity index (χ3n) is 8.12. The van der Waals surface area contributed by atoms with E-state index < -0.39 is 0 Å². The average molecular weight is 399 g/mol. The fourth-order valence-corrected chi connectivity index (χ4v) is 6.77. The zero-order valence-corrected chi connectivity index (χ0v) is 17.8. The lowest BCUT2D eigenvalue weighted by atomic mass is 9.49. The summed E-state index contributed by atoms with van der Waals surface area (Å²) in [4.78, 5) is 27.2. The number of carbonyl (C=O) groups excluding carboxylic acids is 2. The monoisotopic (exact) mass is 398 g/mol. The van der Waals surface area contributed by atoms with Gasteiger partial charge in [-0.25, -0.2) is 0 Å². The highest BCUT2D eigenvalue weighted by Crippen LogP contribution is 2.60. The molecule has 0 aromatic carbocycles. The summed E-state index contributed by atoms with van der Waals surface area (Å²) in [7, 11) is 1.81. The van der Waals surface area contributed by atoms with Crippen molar-refractivity contribution in [1.82, 2.24) is 10.2 Å². The number of nitrogens with zero attached hydrogens (tertiary/aromatic N) is 1. The highest BCUT2D eigenvalue weighted by atomic mass is 16.3. The largest absolute Gasteiger partial charge is 0.464 e. The Morgan fingerprint density at radius 3 is 2.31 bits per heavy atom. The molecular weight excluding hydrogens is 364 g/mol. The maximum absolute atomic E-state index is 13.0. The Bertz CT molecular complexity index is 763. The van der Waals surface area contributed by atoms with E-state index in [0.717, 1.165) is 48.5 Å². The Hall–Kier alpha value is -1.78. The molecule has 4 bridgehead atoms. The van der Waals surface area contributed by atoms with Crippen molar-refractivity contribution in [3.8, 4) is 0 Å². The molecule has 158 valence electrons. The van der Waals surface area contributed by atoms with Crippen LogP contribution < -0.4 is 5.32 Å². The van der Waals surface area contributed by atoms with Crippen LogP contribution in [0, 0.1) is 29.1 Å². The van der Waals surface area contributed by atoms with E-state index in [2.05, 4.69) is 12.2 Å². The minimum Gasteiger partial charge on any atom is -0.464 e. The Kier molecular flexibility index (Phi) is 4.75. The van der Waals surface area contributed by atoms with Crippen LogP contribution in [0.4, 0.5) is 0 Å². The van der Waals surface area contributed by atoms with E-state index in [1.807, 2.05) is 19.2 Å². The molecule has 1 aromatic heterocycles. The summed E-state index contributed by atoms with van der Waals surface area (Å²) in [5.41, 5.74) is -0.131. The highest BCUT2D eigenvalue weighted by molar-refractivity contribution is 5.84. The molecule has 1 aromatic rings. The molecular formula is C24H34N2O3. The average Bonchev–Trinajstić information content (AvgIpc) is 3.21. The van der Waals surface area contributed by atoms with E-state index in [1.165, 1.54) is 25.7 Å². The number of furan rings is 1. The Morgan fingerprint density at radius 1 is 1.10 bits per heavy atom. The fraction of sp³-hybridized carbons (Fsp3) is 0.750. The molecule has 5 saturated carbocycles. The summed E-state index contributed by atoms with van der Waals surface area (Å²) in [6, 6.07) is 4.03. The summed E-state index contributed by atoms with van der Waals surface area (Å²) in [5, 5.41) is 3.11. The normalized spacial score (nSPS) is 36.8. The summed E-state index contributed by atoms with van der Waals surface area (Å²) < 4.78 is 5.92. The van der Waals surface area contributed by atoms with Gasteiger partial charge in [0.15, 0.2) is 0 Å². The number of hydrogen-bond donors (Lipinski definition) is 1. The van der Waals surface area contributed by atoms with Gasteiger partial charge in [0.1, 0.15) is 11.5 Å². The Labute approximate surface area is 173 Å². The second-order valence-corrected chi connectivity index (χ2v) is 10.6. The van der Waals surface area contributed by atoms with E-state index in [0.29, 0.717) is 31.3 Å². The number of carbonyl (C=O) groups is 2. The zero-order chi connectivity index (χ0) is 20.2. The molecule has 0 unspecified atom stereocenters. The first-order valence-electron chi connectivity index (χ1n) is 11.5. The molecule has 0 saturated heterocycles. The van der Waals surface area contributed by atoms with Crippen LogP contribution in [0.1, 0.15) is 75.7 Å². The van der Waals surface area contributed by atoms with Gasteiger partial charge in [0.25, 0.3) is 0 Å². The highest BCUT2D eigenvalue weighted by Gasteiger charge is 2.54. The molecule has 2 amide bonds. The SMILES string of the molecule is C[C@H]1C[C@@H]1c1ccc(CN(C)C(=O)CCNC(=O)C23CC4CC(CC(C4)C2)C3)o1. The first-order chi connectivity index (χ1) is 13.9. The molecule has 0 aliphatic heterocycles. The maximum atomic E-state index is 13.0. The summed E-state index contributed by atoms with van der Waals surface area (Å²) in [6.45, 7) is 3.16. The predicted octanol–water partition coefficient (Wildman–Crippen LogP) is 4.08. The molecule has 5 nitrogen and oxygen atoms in total. The van der Waals surface area contributed by atoms with Crippen molar-refractivity contribution in [1.29, 1.82) is 0 Å². The maximum Gasteiger partial charge on any atom is 0.226 e. The molecule has 6 rings (SSSR count). The van der Waals surface area contributed by atoms with Crippen LogP contribution >= 0.6 is 0 Å². The van der Waals surface area contributed by atoms with Gasteiger partial charge >= 0.3 is 0 Å². The van der Waals surface area contributed by atoms with E-state index in [4.69, 9.17) is 4.42 Å². The van der Waals surface area contributed by atoms with Crippen LogP contribution in [-0.2, 0) is 16.1 Å². The minimum absolute atomic E-state index is 0.0496. The number of nitrogens with one attached hydrogen (secondary N) is 1. The van der Waals surface area contributed by atoms with Crippen molar-refractivity contribution >= 4 is 11.8 Å². The Morgan fingerprint density at radius 2 is 1.72 bits per heavy atom. The van der Waals surface area contributed by atoms with Crippen LogP contribution in [0.3, 0.4) is 0 Å². The third-order valence-corrected chi connectivity index (χ3v) is 8.12.